The number of anilines is 1. The molecule has 144 valence electrons. The number of aryl methyl sites for hydroxylation is 2. The minimum Gasteiger partial charge on any atom is -0.457 e. The molecule has 6 heteroatoms. The lowest BCUT2D eigenvalue weighted by atomic mass is 10.1. The summed E-state index contributed by atoms with van der Waals surface area (Å²) in [7, 11) is 0. The van der Waals surface area contributed by atoms with Gasteiger partial charge in [0.15, 0.2) is 0 Å². The maximum atomic E-state index is 12.5. The third-order valence-electron chi connectivity index (χ3n) is 4.53. The van der Waals surface area contributed by atoms with Crippen LogP contribution in [0.1, 0.15) is 31.8 Å². The normalized spacial score (nSPS) is 12.7. The Balaban J connectivity index is 1.46. The van der Waals surface area contributed by atoms with Gasteiger partial charge in [-0.2, -0.15) is 4.90 Å². The van der Waals surface area contributed by atoms with Crippen LogP contribution in [0.15, 0.2) is 66.7 Å². The van der Waals surface area contributed by atoms with Crippen molar-refractivity contribution in [2.45, 2.75) is 13.8 Å². The third-order valence-corrected chi connectivity index (χ3v) is 4.53. The summed E-state index contributed by atoms with van der Waals surface area (Å²) in [6, 6.07) is 18.2. The van der Waals surface area contributed by atoms with Gasteiger partial charge in [0.1, 0.15) is 11.5 Å². The average molecular weight is 386 g/mol. The predicted octanol–water partition coefficient (Wildman–Crippen LogP) is 4.92. The van der Waals surface area contributed by atoms with Crippen molar-refractivity contribution < 1.29 is 19.1 Å². The van der Waals surface area contributed by atoms with Gasteiger partial charge in [-0.05, 0) is 73.5 Å². The van der Waals surface area contributed by atoms with E-state index in [0.717, 1.165) is 16.9 Å². The highest BCUT2D eigenvalue weighted by molar-refractivity contribution is 6.30. The zero-order valence-corrected chi connectivity index (χ0v) is 15.9. The molecule has 1 aliphatic rings. The van der Waals surface area contributed by atoms with E-state index in [9.17, 15) is 14.4 Å². The van der Waals surface area contributed by atoms with Crippen LogP contribution >= 0.6 is 0 Å². The first-order valence-corrected chi connectivity index (χ1v) is 9.07. The van der Waals surface area contributed by atoms with Crippen molar-refractivity contribution in [3.63, 3.8) is 0 Å². The molecule has 0 saturated carbocycles. The lowest BCUT2D eigenvalue weighted by molar-refractivity contribution is 0.0713. The highest BCUT2D eigenvalue weighted by atomic mass is 16.5. The molecule has 1 heterocycles. The molecule has 4 amide bonds. The van der Waals surface area contributed by atoms with Crippen LogP contribution in [0.5, 0.6) is 11.5 Å². The van der Waals surface area contributed by atoms with Crippen molar-refractivity contribution in [1.82, 2.24) is 4.90 Å². The molecule has 4 rings (SSSR count). The fourth-order valence-corrected chi connectivity index (χ4v) is 3.29. The molecular formula is C23H18N2O4. The van der Waals surface area contributed by atoms with E-state index in [-0.39, 0.29) is 11.1 Å². The van der Waals surface area contributed by atoms with Gasteiger partial charge in [0, 0.05) is 5.69 Å². The Kier molecular flexibility index (Phi) is 4.60. The third kappa shape index (κ3) is 3.60. The predicted molar refractivity (Wildman–Crippen MR) is 108 cm³/mol. The molecule has 6 nitrogen and oxygen atoms in total. The number of fused-ring (bicyclic) bond motifs is 1. The zero-order valence-electron chi connectivity index (χ0n) is 15.9. The van der Waals surface area contributed by atoms with Crippen molar-refractivity contribution in [1.29, 1.82) is 0 Å². The number of imide groups is 3. The summed E-state index contributed by atoms with van der Waals surface area (Å²) in [5.41, 5.74) is 3.10. The molecule has 3 aromatic carbocycles. The fourth-order valence-electron chi connectivity index (χ4n) is 3.29. The van der Waals surface area contributed by atoms with Gasteiger partial charge in [-0.25, -0.2) is 4.79 Å². The lowest BCUT2D eigenvalue weighted by Gasteiger charge is -2.14. The minimum absolute atomic E-state index is 0.227. The number of nitrogens with zero attached hydrogens (tertiary/aromatic N) is 1. The monoisotopic (exact) mass is 386 g/mol. The van der Waals surface area contributed by atoms with Gasteiger partial charge in [0.25, 0.3) is 11.8 Å². The van der Waals surface area contributed by atoms with Crippen LogP contribution in [0.4, 0.5) is 10.5 Å². The maximum absolute atomic E-state index is 12.5. The van der Waals surface area contributed by atoms with Crippen LogP contribution < -0.4 is 10.1 Å². The highest BCUT2D eigenvalue weighted by Crippen LogP contribution is 2.26. The smallest absolute Gasteiger partial charge is 0.336 e. The van der Waals surface area contributed by atoms with Gasteiger partial charge < -0.3 is 10.1 Å². The van der Waals surface area contributed by atoms with Crippen LogP contribution in [0.2, 0.25) is 0 Å². The first-order chi connectivity index (χ1) is 13.9. The van der Waals surface area contributed by atoms with Crippen LogP contribution in [0.25, 0.3) is 0 Å². The maximum Gasteiger partial charge on any atom is 0.336 e. The number of nitrogens with one attached hydrogen (secondary N) is 1. The summed E-state index contributed by atoms with van der Waals surface area (Å²) in [4.78, 5) is 37.9. The summed E-state index contributed by atoms with van der Waals surface area (Å²) < 4.78 is 5.84. The van der Waals surface area contributed by atoms with Gasteiger partial charge in [0.2, 0.25) is 0 Å². The summed E-state index contributed by atoms with van der Waals surface area (Å²) in [6.07, 6.45) is 0. The number of rotatable bonds is 3. The van der Waals surface area contributed by atoms with Crippen LogP contribution in [0, 0.1) is 13.8 Å². The first kappa shape index (κ1) is 18.4. The molecule has 0 aliphatic carbocycles. The number of hydrogen-bond donors (Lipinski definition) is 1. The number of hydrogen-bond acceptors (Lipinski definition) is 4. The molecule has 0 fully saturated rings. The van der Waals surface area contributed by atoms with Gasteiger partial charge in [-0.15, -0.1) is 0 Å². The molecule has 0 unspecified atom stereocenters. The molecule has 3 aromatic rings. The Morgan fingerprint density at radius 1 is 0.793 bits per heavy atom. The van der Waals surface area contributed by atoms with E-state index >= 15 is 0 Å². The number of benzene rings is 3. The Morgan fingerprint density at radius 2 is 1.34 bits per heavy atom. The fraction of sp³-hybridized carbons (Fsp3) is 0.0870. The van der Waals surface area contributed by atoms with E-state index in [1.807, 2.05) is 26.0 Å². The van der Waals surface area contributed by atoms with E-state index in [1.54, 1.807) is 36.4 Å². The van der Waals surface area contributed by atoms with Crippen LogP contribution in [0.3, 0.4) is 0 Å². The Bertz CT molecular complexity index is 1080. The molecule has 0 spiro atoms. The Labute approximate surface area is 167 Å². The van der Waals surface area contributed by atoms with E-state index in [1.165, 1.54) is 12.1 Å². The molecule has 0 atom stereocenters. The summed E-state index contributed by atoms with van der Waals surface area (Å²) in [5, 5.41) is 2.58. The molecule has 0 radical (unpaired) electrons. The summed E-state index contributed by atoms with van der Waals surface area (Å²) in [5.74, 6) is 0.0785. The number of amides is 4. The highest BCUT2D eigenvalue weighted by Gasteiger charge is 2.39. The second-order valence-electron chi connectivity index (χ2n) is 6.87. The minimum atomic E-state index is -0.792. The van der Waals surface area contributed by atoms with Crippen molar-refractivity contribution >= 4 is 23.5 Å². The molecule has 1 N–H and O–H groups in total. The number of ether oxygens (including phenoxy) is 1. The van der Waals surface area contributed by atoms with Crippen LogP contribution in [-0.2, 0) is 0 Å². The number of carbonyl (C=O) groups excluding carboxylic acids is 3. The van der Waals surface area contributed by atoms with Gasteiger partial charge in [-0.3, -0.25) is 9.59 Å². The summed E-state index contributed by atoms with van der Waals surface area (Å²) >= 11 is 0. The topological polar surface area (TPSA) is 75.7 Å². The Hall–Kier alpha value is -3.93. The molecule has 1 aliphatic heterocycles. The van der Waals surface area contributed by atoms with Crippen molar-refractivity contribution in [2.24, 2.45) is 0 Å². The lowest BCUT2D eigenvalue weighted by Crippen LogP contribution is -2.39. The zero-order chi connectivity index (χ0) is 20.5. The standard InChI is InChI=1S/C23H18N2O4/c1-14-11-15(2)13-18(12-14)29-17-9-7-16(8-10-17)24-23(28)25-21(26)19-5-3-4-6-20(19)22(25)27/h3-13H,1-2H3,(H,24,28). The largest absolute Gasteiger partial charge is 0.457 e. The van der Waals surface area contributed by atoms with E-state index in [4.69, 9.17) is 4.74 Å². The summed E-state index contributed by atoms with van der Waals surface area (Å²) in [6.45, 7) is 4.00. The van der Waals surface area contributed by atoms with Crippen molar-refractivity contribution in [2.75, 3.05) is 5.32 Å². The number of carbonyl (C=O) groups is 3. The second kappa shape index (κ2) is 7.24. The van der Waals surface area contributed by atoms with E-state index in [2.05, 4.69) is 11.4 Å². The molecular weight excluding hydrogens is 368 g/mol. The SMILES string of the molecule is Cc1cc(C)cc(Oc2ccc(NC(=O)N3C(=O)c4ccccc4C3=O)cc2)c1. The molecule has 29 heavy (non-hydrogen) atoms. The van der Waals surface area contributed by atoms with Crippen molar-refractivity contribution in [3.05, 3.63) is 89.0 Å². The van der Waals surface area contributed by atoms with Gasteiger partial charge in [0.05, 0.1) is 11.1 Å². The molecule has 0 saturated heterocycles. The van der Waals surface area contributed by atoms with Crippen molar-refractivity contribution in [3.8, 4) is 11.5 Å². The second-order valence-corrected chi connectivity index (χ2v) is 6.87. The average Bonchev–Trinajstić information content (AvgIpc) is 2.93. The first-order valence-electron chi connectivity index (χ1n) is 9.07. The molecule has 0 bridgehead atoms. The van der Waals surface area contributed by atoms with Gasteiger partial charge >= 0.3 is 6.03 Å². The quantitative estimate of drug-likeness (QED) is 0.648. The van der Waals surface area contributed by atoms with E-state index < -0.39 is 17.8 Å². The molecule has 0 aromatic heterocycles. The number of urea groups is 1. The Morgan fingerprint density at radius 3 is 1.90 bits per heavy atom. The van der Waals surface area contributed by atoms with Gasteiger partial charge in [-0.1, -0.05) is 18.2 Å². The van der Waals surface area contributed by atoms with Crippen LogP contribution in [-0.4, -0.2) is 22.7 Å². The van der Waals surface area contributed by atoms with E-state index in [0.29, 0.717) is 16.3 Å².